The molecule has 2 aromatic carbocycles. The summed E-state index contributed by atoms with van der Waals surface area (Å²) >= 11 is 6.07. The first kappa shape index (κ1) is 16.2. The maximum Gasteiger partial charge on any atom is 0.353 e. The van der Waals surface area contributed by atoms with Gasteiger partial charge in [0.15, 0.2) is 0 Å². The molecule has 0 aliphatic carbocycles. The van der Waals surface area contributed by atoms with E-state index in [0.29, 0.717) is 27.0 Å². The summed E-state index contributed by atoms with van der Waals surface area (Å²) in [7, 11) is -3.48. The number of carboxylic acids is 1. The van der Waals surface area contributed by atoms with Crippen LogP contribution in [-0.2, 0) is 11.0 Å². The molecule has 0 saturated heterocycles. The Bertz CT molecular complexity index is 1100. The molecule has 1 aliphatic rings. The highest BCUT2D eigenvalue weighted by Crippen LogP contribution is 2.58. The molecule has 1 atom stereocenters. The van der Waals surface area contributed by atoms with Crippen LogP contribution in [0.4, 0.5) is 0 Å². The molecule has 0 spiro atoms. The summed E-state index contributed by atoms with van der Waals surface area (Å²) in [6, 6.07) is 8.75. The minimum atomic E-state index is -3.48. The molecule has 1 aromatic heterocycles. The Hall–Kier alpha value is -2.23. The Kier molecular flexibility index (Phi) is 3.50. The van der Waals surface area contributed by atoms with Gasteiger partial charge < -0.3 is 14.6 Å². The van der Waals surface area contributed by atoms with Crippen molar-refractivity contribution in [2.75, 3.05) is 0 Å². The summed E-state index contributed by atoms with van der Waals surface area (Å²) in [6.45, 7) is 3.92. The van der Waals surface area contributed by atoms with E-state index in [0.717, 1.165) is 17.5 Å². The van der Waals surface area contributed by atoms with E-state index in [-0.39, 0.29) is 11.0 Å². The standard InChI is InChI=1S/C18H15ClNO4P/c1-3-10-6-9(2)7-14-16(10)24-25(14,23)17-12-8-11(19)4-5-13(12)20-15(17)18(21)22/h4-8,20H,3H2,1-2H3,(H,21,22). The molecule has 1 aliphatic heterocycles. The van der Waals surface area contributed by atoms with Crippen molar-refractivity contribution in [3.63, 3.8) is 0 Å². The molecule has 0 saturated carbocycles. The van der Waals surface area contributed by atoms with Crippen LogP contribution in [0.25, 0.3) is 10.9 Å². The van der Waals surface area contributed by atoms with Gasteiger partial charge in [-0.15, -0.1) is 0 Å². The maximum absolute atomic E-state index is 13.7. The minimum absolute atomic E-state index is 0.120. The van der Waals surface area contributed by atoms with E-state index in [2.05, 4.69) is 4.98 Å². The summed E-state index contributed by atoms with van der Waals surface area (Å²) in [5.41, 5.74) is 2.38. The molecule has 25 heavy (non-hydrogen) atoms. The van der Waals surface area contributed by atoms with E-state index in [1.807, 2.05) is 26.0 Å². The summed E-state index contributed by atoms with van der Waals surface area (Å²) in [4.78, 5) is 14.6. The average Bonchev–Trinajstić information content (AvgIpc) is 2.94. The third-order valence-corrected chi connectivity index (χ3v) is 7.14. The van der Waals surface area contributed by atoms with Crippen molar-refractivity contribution < 1.29 is 19.0 Å². The van der Waals surface area contributed by atoms with E-state index in [1.165, 1.54) is 0 Å². The lowest BCUT2D eigenvalue weighted by Crippen LogP contribution is -2.34. The molecule has 0 bridgehead atoms. The van der Waals surface area contributed by atoms with E-state index >= 15 is 0 Å². The molecule has 3 aromatic rings. The Morgan fingerprint density at radius 2 is 2.08 bits per heavy atom. The SMILES string of the molecule is CCc1cc(C)cc2c1OP2(=O)c1c(C(=O)O)[nH]c2ccc(Cl)cc12. The zero-order valence-corrected chi connectivity index (χ0v) is 15.2. The highest BCUT2D eigenvalue weighted by molar-refractivity contribution is 7.77. The van der Waals surface area contributed by atoms with Crippen molar-refractivity contribution in [3.05, 3.63) is 52.2 Å². The largest absolute Gasteiger partial charge is 0.477 e. The van der Waals surface area contributed by atoms with Gasteiger partial charge in [0.2, 0.25) is 0 Å². The van der Waals surface area contributed by atoms with Crippen LogP contribution < -0.4 is 15.1 Å². The molecule has 0 amide bonds. The summed E-state index contributed by atoms with van der Waals surface area (Å²) in [6.07, 6.45) is 0.746. The lowest BCUT2D eigenvalue weighted by molar-refractivity contribution is 0.0692. The van der Waals surface area contributed by atoms with Gasteiger partial charge in [0.25, 0.3) is 0 Å². The number of H-pyrrole nitrogens is 1. The quantitative estimate of drug-likeness (QED) is 0.678. The number of benzene rings is 2. The molecule has 0 fully saturated rings. The van der Waals surface area contributed by atoms with Gasteiger partial charge in [-0.25, -0.2) is 4.79 Å². The summed E-state index contributed by atoms with van der Waals surface area (Å²) in [5.74, 6) is -0.581. The molecule has 2 heterocycles. The number of aromatic nitrogens is 1. The zero-order chi connectivity index (χ0) is 17.9. The maximum atomic E-state index is 13.7. The summed E-state index contributed by atoms with van der Waals surface area (Å²) in [5, 5.41) is 11.3. The van der Waals surface area contributed by atoms with Gasteiger partial charge in [-0.1, -0.05) is 24.6 Å². The number of aryl methyl sites for hydroxylation is 2. The molecule has 5 nitrogen and oxygen atoms in total. The third kappa shape index (κ3) is 2.23. The van der Waals surface area contributed by atoms with Crippen LogP contribution in [0.15, 0.2) is 30.3 Å². The van der Waals surface area contributed by atoms with E-state index in [1.54, 1.807) is 18.2 Å². The number of aromatic carboxylic acids is 1. The van der Waals surface area contributed by atoms with Crippen LogP contribution in [0.5, 0.6) is 5.75 Å². The Morgan fingerprint density at radius 1 is 1.32 bits per heavy atom. The molecule has 2 N–H and O–H groups in total. The van der Waals surface area contributed by atoms with Crippen molar-refractivity contribution in [2.24, 2.45) is 0 Å². The Labute approximate surface area is 149 Å². The molecule has 4 rings (SSSR count). The topological polar surface area (TPSA) is 79.4 Å². The zero-order valence-electron chi connectivity index (χ0n) is 13.6. The lowest BCUT2D eigenvalue weighted by atomic mass is 10.1. The van der Waals surface area contributed by atoms with Crippen LogP contribution in [-0.4, -0.2) is 16.1 Å². The van der Waals surface area contributed by atoms with Gasteiger partial charge >= 0.3 is 13.3 Å². The van der Waals surface area contributed by atoms with Gasteiger partial charge in [-0.3, -0.25) is 4.57 Å². The van der Waals surface area contributed by atoms with Crippen molar-refractivity contribution in [3.8, 4) is 5.75 Å². The van der Waals surface area contributed by atoms with Gasteiger partial charge in [0.1, 0.15) is 11.4 Å². The minimum Gasteiger partial charge on any atom is -0.477 e. The number of aromatic amines is 1. The monoisotopic (exact) mass is 375 g/mol. The van der Waals surface area contributed by atoms with Crippen molar-refractivity contribution >= 4 is 46.5 Å². The smallest absolute Gasteiger partial charge is 0.353 e. The fourth-order valence-corrected chi connectivity index (χ4v) is 6.05. The molecule has 7 heteroatoms. The predicted molar refractivity (Wildman–Crippen MR) is 98.3 cm³/mol. The highest BCUT2D eigenvalue weighted by atomic mass is 35.5. The van der Waals surface area contributed by atoms with E-state index in [9.17, 15) is 14.5 Å². The first-order valence-corrected chi connectivity index (χ1v) is 9.84. The van der Waals surface area contributed by atoms with Crippen LogP contribution in [0.2, 0.25) is 5.02 Å². The number of rotatable bonds is 3. The van der Waals surface area contributed by atoms with Crippen LogP contribution in [0, 0.1) is 6.92 Å². The number of hydrogen-bond acceptors (Lipinski definition) is 3. The van der Waals surface area contributed by atoms with Crippen LogP contribution in [0.3, 0.4) is 0 Å². The van der Waals surface area contributed by atoms with Crippen molar-refractivity contribution in [1.29, 1.82) is 0 Å². The lowest BCUT2D eigenvalue weighted by Gasteiger charge is -2.33. The average molecular weight is 376 g/mol. The van der Waals surface area contributed by atoms with Crippen LogP contribution >= 0.6 is 19.0 Å². The molecular weight excluding hydrogens is 361 g/mol. The van der Waals surface area contributed by atoms with Gasteiger partial charge in [0.05, 0.1) is 10.6 Å². The first-order valence-electron chi connectivity index (χ1n) is 7.84. The third-order valence-electron chi connectivity index (χ3n) is 4.45. The molecule has 128 valence electrons. The second-order valence-electron chi connectivity index (χ2n) is 6.11. The number of hydrogen-bond donors (Lipinski definition) is 2. The van der Waals surface area contributed by atoms with E-state index in [4.69, 9.17) is 16.1 Å². The first-order chi connectivity index (χ1) is 11.8. The number of nitrogens with one attached hydrogen (secondary N) is 1. The second-order valence-corrected chi connectivity index (χ2v) is 8.76. The highest BCUT2D eigenvalue weighted by Gasteiger charge is 2.48. The van der Waals surface area contributed by atoms with Gasteiger partial charge in [-0.05, 0) is 48.7 Å². The molecule has 1 unspecified atom stereocenters. The normalized spacial score (nSPS) is 18.5. The molecular formula is C18H15ClNO4P. The fraction of sp³-hybridized carbons (Fsp3) is 0.167. The second kappa shape index (κ2) is 5.38. The number of carbonyl (C=O) groups is 1. The summed E-state index contributed by atoms with van der Waals surface area (Å²) < 4.78 is 19.4. The van der Waals surface area contributed by atoms with Gasteiger partial charge in [0, 0.05) is 15.9 Å². The van der Waals surface area contributed by atoms with Crippen molar-refractivity contribution in [2.45, 2.75) is 20.3 Å². The van der Waals surface area contributed by atoms with Crippen molar-refractivity contribution in [1.82, 2.24) is 4.98 Å². The van der Waals surface area contributed by atoms with Gasteiger partial charge in [-0.2, -0.15) is 0 Å². The molecule has 0 radical (unpaired) electrons. The number of fused-ring (bicyclic) bond motifs is 2. The van der Waals surface area contributed by atoms with Crippen LogP contribution in [0.1, 0.15) is 28.5 Å². The number of halogens is 1. The Morgan fingerprint density at radius 3 is 2.76 bits per heavy atom. The van der Waals surface area contributed by atoms with E-state index < -0.39 is 13.3 Å². The number of carboxylic acid groups (broad SMARTS) is 1. The predicted octanol–water partition coefficient (Wildman–Crippen LogP) is 4.01. The Balaban J connectivity index is 2.04. The fourth-order valence-electron chi connectivity index (χ4n) is 3.33.